The molecule has 0 aliphatic carbocycles. The molecule has 162 valence electrons. The third kappa shape index (κ3) is 3.07. The van der Waals surface area contributed by atoms with Crippen molar-refractivity contribution in [1.29, 1.82) is 5.26 Å². The third-order valence-electron chi connectivity index (χ3n) is 6.57. The number of hydrogen-bond donors (Lipinski definition) is 0. The third-order valence-corrected chi connectivity index (χ3v) is 6.57. The molecule has 0 N–H and O–H groups in total. The second-order valence-corrected chi connectivity index (χ2v) is 8.62. The number of hydrogen-bond acceptors (Lipinski definition) is 4. The molecular weight excluding hydrogens is 430 g/mol. The van der Waals surface area contributed by atoms with Gasteiger partial charge in [-0.25, -0.2) is 0 Å². The molecule has 4 nitrogen and oxygen atoms in total. The van der Waals surface area contributed by atoms with E-state index in [4.69, 9.17) is 4.42 Å². The average molecular weight is 447 g/mol. The lowest BCUT2D eigenvalue weighted by atomic mass is 9.96. The topological polar surface area (TPSA) is 62.7 Å². The molecule has 0 bridgehead atoms. The van der Waals surface area contributed by atoms with E-state index < -0.39 is 0 Å². The Bertz CT molecular complexity index is 1980. The van der Waals surface area contributed by atoms with Gasteiger partial charge >= 0.3 is 0 Å². The van der Waals surface area contributed by atoms with Crippen LogP contribution in [0.2, 0.25) is 0 Å². The number of pyridine rings is 2. The summed E-state index contributed by atoms with van der Waals surface area (Å²) in [5.41, 5.74) is 8.41. The molecule has 4 heteroatoms. The number of furan rings is 1. The summed E-state index contributed by atoms with van der Waals surface area (Å²) >= 11 is 0. The van der Waals surface area contributed by atoms with Crippen molar-refractivity contribution in [2.24, 2.45) is 0 Å². The highest BCUT2D eigenvalue weighted by Crippen LogP contribution is 2.38. The van der Waals surface area contributed by atoms with E-state index in [1.165, 1.54) is 0 Å². The van der Waals surface area contributed by atoms with E-state index in [2.05, 4.69) is 52.4 Å². The van der Waals surface area contributed by atoms with Gasteiger partial charge in [0.1, 0.15) is 11.2 Å². The van der Waals surface area contributed by atoms with Crippen molar-refractivity contribution in [3.8, 4) is 28.3 Å². The smallest absolute Gasteiger partial charge is 0.135 e. The van der Waals surface area contributed by atoms with Gasteiger partial charge in [0.15, 0.2) is 0 Å². The second-order valence-electron chi connectivity index (χ2n) is 8.62. The van der Waals surface area contributed by atoms with Gasteiger partial charge in [-0.2, -0.15) is 5.26 Å². The Kier molecular flexibility index (Phi) is 4.18. The lowest BCUT2D eigenvalue weighted by molar-refractivity contribution is 0.669. The SMILES string of the molecule is N#Cc1cccc(-c2ccc3oc4ccc(-c5cc6cccnc6c6ncccc56)cc4c3c2)c1. The fraction of sp³-hybridized carbons (Fsp3) is 0. The Hall–Kier alpha value is -5.01. The number of fused-ring (bicyclic) bond motifs is 6. The number of rotatable bonds is 2. The minimum absolute atomic E-state index is 0.646. The standard InChI is InChI=1S/C31H17N3O/c32-18-19-4-1-5-20(14-19)21-8-10-28-26(15-21)27-16-22(9-11-29(27)35-28)25-17-23-6-2-12-33-30(23)31-24(25)7-3-13-34-31/h1-17H. The van der Waals surface area contributed by atoms with Crippen molar-refractivity contribution in [3.63, 3.8) is 0 Å². The summed E-state index contributed by atoms with van der Waals surface area (Å²) in [4.78, 5) is 9.23. The Labute approximate surface area is 200 Å². The van der Waals surface area contributed by atoms with Crippen LogP contribution in [-0.2, 0) is 0 Å². The molecule has 7 aromatic rings. The zero-order chi connectivity index (χ0) is 23.4. The molecule has 0 unspecified atom stereocenters. The monoisotopic (exact) mass is 447 g/mol. The lowest BCUT2D eigenvalue weighted by Gasteiger charge is -2.10. The molecule has 0 aliphatic heterocycles. The normalized spacial score (nSPS) is 11.4. The quantitative estimate of drug-likeness (QED) is 0.253. The summed E-state index contributed by atoms with van der Waals surface area (Å²) in [5.74, 6) is 0. The van der Waals surface area contributed by atoms with E-state index >= 15 is 0 Å². The maximum absolute atomic E-state index is 9.30. The molecule has 0 aliphatic rings. The van der Waals surface area contributed by atoms with Crippen molar-refractivity contribution in [3.05, 3.63) is 109 Å². The van der Waals surface area contributed by atoms with Gasteiger partial charge in [0.25, 0.3) is 0 Å². The van der Waals surface area contributed by atoms with Crippen molar-refractivity contribution in [2.45, 2.75) is 0 Å². The Morgan fingerprint density at radius 2 is 1.31 bits per heavy atom. The maximum atomic E-state index is 9.30. The number of aromatic nitrogens is 2. The van der Waals surface area contributed by atoms with Crippen LogP contribution >= 0.6 is 0 Å². The van der Waals surface area contributed by atoms with E-state index in [1.807, 2.05) is 67.0 Å². The van der Waals surface area contributed by atoms with Crippen LogP contribution < -0.4 is 0 Å². The first kappa shape index (κ1) is 19.5. The van der Waals surface area contributed by atoms with Crippen LogP contribution in [0.15, 0.2) is 108 Å². The number of nitrogens with zero attached hydrogens (tertiary/aromatic N) is 3. The summed E-state index contributed by atoms with van der Waals surface area (Å²) in [6.45, 7) is 0. The van der Waals surface area contributed by atoms with Gasteiger partial charge in [-0.1, -0.05) is 36.4 Å². The predicted molar refractivity (Wildman–Crippen MR) is 140 cm³/mol. The van der Waals surface area contributed by atoms with E-state index in [-0.39, 0.29) is 0 Å². The molecule has 0 fully saturated rings. The lowest BCUT2D eigenvalue weighted by Crippen LogP contribution is -1.88. The van der Waals surface area contributed by atoms with Crippen molar-refractivity contribution in [2.75, 3.05) is 0 Å². The minimum atomic E-state index is 0.646. The zero-order valence-corrected chi connectivity index (χ0v) is 18.6. The van der Waals surface area contributed by atoms with Crippen LogP contribution in [0.3, 0.4) is 0 Å². The molecule has 3 aromatic heterocycles. The van der Waals surface area contributed by atoms with Gasteiger partial charge < -0.3 is 4.42 Å². The number of benzene rings is 4. The van der Waals surface area contributed by atoms with Crippen LogP contribution in [0.1, 0.15) is 5.56 Å². The van der Waals surface area contributed by atoms with Gasteiger partial charge in [-0.15, -0.1) is 0 Å². The second kappa shape index (κ2) is 7.51. The van der Waals surface area contributed by atoms with Crippen LogP contribution in [0.5, 0.6) is 0 Å². The van der Waals surface area contributed by atoms with Crippen LogP contribution in [0.4, 0.5) is 0 Å². The molecule has 0 atom stereocenters. The molecule has 7 rings (SSSR count). The highest BCUT2D eigenvalue weighted by atomic mass is 16.3. The van der Waals surface area contributed by atoms with E-state index in [0.29, 0.717) is 5.56 Å². The minimum Gasteiger partial charge on any atom is -0.456 e. The summed E-state index contributed by atoms with van der Waals surface area (Å²) < 4.78 is 6.16. The van der Waals surface area contributed by atoms with Crippen LogP contribution in [0.25, 0.3) is 66.0 Å². The molecule has 0 amide bonds. The molecule has 3 heterocycles. The number of nitriles is 1. The highest BCUT2D eigenvalue weighted by molar-refractivity contribution is 6.12. The molecule has 4 aromatic carbocycles. The van der Waals surface area contributed by atoms with Gasteiger partial charge in [0, 0.05) is 33.9 Å². The Morgan fingerprint density at radius 3 is 2.14 bits per heavy atom. The first-order chi connectivity index (χ1) is 17.3. The molecule has 0 saturated carbocycles. The van der Waals surface area contributed by atoms with Gasteiger partial charge in [0.05, 0.1) is 22.7 Å². The first-order valence-corrected chi connectivity index (χ1v) is 11.4. The fourth-order valence-electron chi connectivity index (χ4n) is 4.91. The van der Waals surface area contributed by atoms with Gasteiger partial charge in [-0.05, 0) is 76.9 Å². The molecular formula is C31H17N3O. The Balaban J connectivity index is 1.47. The zero-order valence-electron chi connectivity index (χ0n) is 18.6. The summed E-state index contributed by atoms with van der Waals surface area (Å²) in [5, 5.41) is 13.5. The van der Waals surface area contributed by atoms with Gasteiger partial charge in [-0.3, -0.25) is 9.97 Å². The average Bonchev–Trinajstić information content (AvgIpc) is 3.30. The van der Waals surface area contributed by atoms with Crippen molar-refractivity contribution < 1.29 is 4.42 Å². The predicted octanol–water partition coefficient (Wildman–Crippen LogP) is 7.89. The van der Waals surface area contributed by atoms with Crippen LogP contribution in [-0.4, -0.2) is 9.97 Å². The molecule has 0 radical (unpaired) electrons. The summed E-state index contributed by atoms with van der Waals surface area (Å²) in [7, 11) is 0. The van der Waals surface area contributed by atoms with E-state index in [9.17, 15) is 5.26 Å². The van der Waals surface area contributed by atoms with E-state index in [1.54, 1.807) is 0 Å². The van der Waals surface area contributed by atoms with Crippen LogP contribution in [0, 0.1) is 11.3 Å². The van der Waals surface area contributed by atoms with Crippen molar-refractivity contribution in [1.82, 2.24) is 9.97 Å². The summed E-state index contributed by atoms with van der Waals surface area (Å²) in [6.07, 6.45) is 3.62. The maximum Gasteiger partial charge on any atom is 0.135 e. The Morgan fingerprint density at radius 1 is 0.600 bits per heavy atom. The molecule has 35 heavy (non-hydrogen) atoms. The molecule has 0 spiro atoms. The largest absolute Gasteiger partial charge is 0.456 e. The molecule has 0 saturated heterocycles. The first-order valence-electron chi connectivity index (χ1n) is 11.4. The van der Waals surface area contributed by atoms with Crippen molar-refractivity contribution >= 4 is 43.7 Å². The van der Waals surface area contributed by atoms with E-state index in [0.717, 1.165) is 66.0 Å². The summed E-state index contributed by atoms with van der Waals surface area (Å²) in [6, 6.07) is 32.7. The highest BCUT2D eigenvalue weighted by Gasteiger charge is 2.14. The van der Waals surface area contributed by atoms with Gasteiger partial charge in [0.2, 0.25) is 0 Å². The fourth-order valence-corrected chi connectivity index (χ4v) is 4.91.